The molecule has 0 spiro atoms. The lowest BCUT2D eigenvalue weighted by Gasteiger charge is -2.11. The van der Waals surface area contributed by atoms with E-state index < -0.39 is 0 Å². The third kappa shape index (κ3) is 3.47. The van der Waals surface area contributed by atoms with Gasteiger partial charge in [-0.3, -0.25) is 4.79 Å². The minimum absolute atomic E-state index is 0.108. The lowest BCUT2D eigenvalue weighted by Crippen LogP contribution is -2.22. The molecule has 0 bridgehead atoms. The molecule has 1 atom stereocenters. The van der Waals surface area contributed by atoms with E-state index in [9.17, 15) is 4.79 Å². The maximum absolute atomic E-state index is 12.1. The highest BCUT2D eigenvalue weighted by atomic mass is 32.2. The van der Waals surface area contributed by atoms with Gasteiger partial charge in [-0.25, -0.2) is 4.68 Å². The van der Waals surface area contributed by atoms with E-state index in [4.69, 9.17) is 4.74 Å². The number of nitrogens with one attached hydrogen (secondary N) is 1. The SMILES string of the molecule is COc1ccc(NC(=O)C(C)Sc2nnnn2C)cc1. The first kappa shape index (κ1) is 14.3. The second-order valence-electron chi connectivity index (χ2n) is 4.06. The van der Waals surface area contributed by atoms with Crippen LogP contribution < -0.4 is 10.1 Å². The van der Waals surface area contributed by atoms with Gasteiger partial charge in [0.2, 0.25) is 11.1 Å². The van der Waals surface area contributed by atoms with Gasteiger partial charge in [-0.1, -0.05) is 11.8 Å². The number of hydrogen-bond acceptors (Lipinski definition) is 6. The molecule has 2 aromatic rings. The lowest BCUT2D eigenvalue weighted by molar-refractivity contribution is -0.115. The van der Waals surface area contributed by atoms with Gasteiger partial charge in [-0.15, -0.1) is 5.10 Å². The number of carbonyl (C=O) groups excluding carboxylic acids is 1. The zero-order valence-electron chi connectivity index (χ0n) is 11.4. The summed E-state index contributed by atoms with van der Waals surface area (Å²) in [6.45, 7) is 1.80. The van der Waals surface area contributed by atoms with Crippen molar-refractivity contribution in [3.05, 3.63) is 24.3 Å². The Morgan fingerprint density at radius 1 is 1.40 bits per heavy atom. The van der Waals surface area contributed by atoms with Crippen LogP contribution in [0.1, 0.15) is 6.92 Å². The number of amides is 1. The fourth-order valence-corrected chi connectivity index (χ4v) is 2.21. The van der Waals surface area contributed by atoms with Gasteiger partial charge in [0.1, 0.15) is 5.75 Å². The summed E-state index contributed by atoms with van der Waals surface area (Å²) >= 11 is 1.30. The molecule has 0 aliphatic heterocycles. The summed E-state index contributed by atoms with van der Waals surface area (Å²) in [5.41, 5.74) is 0.722. The number of rotatable bonds is 5. The summed E-state index contributed by atoms with van der Waals surface area (Å²) < 4.78 is 6.59. The van der Waals surface area contributed by atoms with Crippen LogP contribution in [0, 0.1) is 0 Å². The number of nitrogens with zero attached hydrogens (tertiary/aromatic N) is 4. The molecule has 0 saturated heterocycles. The Bertz CT molecular complexity index is 584. The Kier molecular flexibility index (Phi) is 4.57. The highest BCUT2D eigenvalue weighted by Gasteiger charge is 2.17. The molecule has 8 heteroatoms. The summed E-state index contributed by atoms with van der Waals surface area (Å²) in [5.74, 6) is 0.638. The monoisotopic (exact) mass is 293 g/mol. The minimum Gasteiger partial charge on any atom is -0.497 e. The zero-order valence-corrected chi connectivity index (χ0v) is 12.2. The van der Waals surface area contributed by atoms with Crippen molar-refractivity contribution >= 4 is 23.4 Å². The van der Waals surface area contributed by atoms with Crippen LogP contribution in [0.15, 0.2) is 29.4 Å². The Balaban J connectivity index is 1.95. The van der Waals surface area contributed by atoms with E-state index >= 15 is 0 Å². The van der Waals surface area contributed by atoms with Gasteiger partial charge in [0.25, 0.3) is 0 Å². The maximum Gasteiger partial charge on any atom is 0.237 e. The normalized spacial score (nSPS) is 11.9. The standard InChI is InChI=1S/C12H15N5O2S/c1-8(20-12-14-15-16-17(12)2)11(18)13-9-4-6-10(19-3)7-5-9/h4-8H,1-3H3,(H,13,18). The average Bonchev–Trinajstić information content (AvgIpc) is 2.85. The predicted octanol–water partition coefficient (Wildman–Crippen LogP) is 1.34. The van der Waals surface area contributed by atoms with E-state index in [0.717, 1.165) is 11.4 Å². The van der Waals surface area contributed by atoms with Crippen molar-refractivity contribution in [3.63, 3.8) is 0 Å². The summed E-state index contributed by atoms with van der Waals surface area (Å²) in [7, 11) is 3.33. The van der Waals surface area contributed by atoms with Crippen LogP contribution >= 0.6 is 11.8 Å². The molecular formula is C12H15N5O2S. The Morgan fingerprint density at radius 2 is 2.10 bits per heavy atom. The highest BCUT2D eigenvalue weighted by molar-refractivity contribution is 8.00. The number of carbonyl (C=O) groups is 1. The predicted molar refractivity (Wildman–Crippen MR) is 75.7 cm³/mol. The van der Waals surface area contributed by atoms with Gasteiger partial charge in [0, 0.05) is 12.7 Å². The summed E-state index contributed by atoms with van der Waals surface area (Å²) in [6.07, 6.45) is 0. The van der Waals surface area contributed by atoms with Gasteiger partial charge in [-0.05, 0) is 41.6 Å². The molecule has 0 saturated carbocycles. The van der Waals surface area contributed by atoms with Crippen molar-refractivity contribution in [3.8, 4) is 5.75 Å². The second-order valence-corrected chi connectivity index (χ2v) is 5.37. The third-order valence-corrected chi connectivity index (χ3v) is 3.71. The van der Waals surface area contributed by atoms with Crippen molar-refractivity contribution < 1.29 is 9.53 Å². The number of anilines is 1. The van der Waals surface area contributed by atoms with E-state index in [-0.39, 0.29) is 11.2 Å². The number of ether oxygens (including phenoxy) is 1. The number of hydrogen-bond donors (Lipinski definition) is 1. The number of thioether (sulfide) groups is 1. The molecule has 106 valence electrons. The van der Waals surface area contributed by atoms with Crippen molar-refractivity contribution in [1.82, 2.24) is 20.2 Å². The molecule has 0 radical (unpaired) electrons. The quantitative estimate of drug-likeness (QED) is 0.838. The first-order chi connectivity index (χ1) is 9.60. The molecule has 0 aliphatic carbocycles. The number of benzene rings is 1. The van der Waals surface area contributed by atoms with E-state index in [0.29, 0.717) is 5.16 Å². The number of tetrazole rings is 1. The zero-order chi connectivity index (χ0) is 14.5. The molecule has 7 nitrogen and oxygen atoms in total. The van der Waals surface area contributed by atoms with Gasteiger partial charge >= 0.3 is 0 Å². The molecule has 1 N–H and O–H groups in total. The van der Waals surface area contributed by atoms with Gasteiger partial charge in [-0.2, -0.15) is 0 Å². The van der Waals surface area contributed by atoms with Gasteiger partial charge in [0.05, 0.1) is 12.4 Å². The largest absolute Gasteiger partial charge is 0.497 e. The maximum atomic E-state index is 12.1. The molecule has 1 aromatic carbocycles. The van der Waals surface area contributed by atoms with Crippen molar-refractivity contribution in [1.29, 1.82) is 0 Å². The third-order valence-electron chi connectivity index (χ3n) is 2.59. The first-order valence-corrected chi connectivity index (χ1v) is 6.82. The summed E-state index contributed by atoms with van der Waals surface area (Å²) in [6, 6.07) is 7.16. The summed E-state index contributed by atoms with van der Waals surface area (Å²) in [4.78, 5) is 12.1. The molecular weight excluding hydrogens is 278 g/mol. The van der Waals surface area contributed by atoms with Crippen LogP contribution in [-0.4, -0.2) is 38.5 Å². The molecule has 1 amide bonds. The van der Waals surface area contributed by atoms with Gasteiger partial charge in [0.15, 0.2) is 0 Å². The van der Waals surface area contributed by atoms with Crippen LogP contribution in [0.2, 0.25) is 0 Å². The van der Waals surface area contributed by atoms with E-state index in [1.165, 1.54) is 16.4 Å². The molecule has 1 heterocycles. The molecule has 1 unspecified atom stereocenters. The molecule has 0 aliphatic rings. The fourth-order valence-electron chi connectivity index (χ4n) is 1.45. The fraction of sp³-hybridized carbons (Fsp3) is 0.333. The van der Waals surface area contributed by atoms with E-state index in [1.807, 2.05) is 0 Å². The topological polar surface area (TPSA) is 81.9 Å². The number of aryl methyl sites for hydroxylation is 1. The molecule has 0 fully saturated rings. The highest BCUT2D eigenvalue weighted by Crippen LogP contribution is 2.21. The second kappa shape index (κ2) is 6.38. The minimum atomic E-state index is -0.304. The molecule has 20 heavy (non-hydrogen) atoms. The van der Waals surface area contributed by atoms with Crippen molar-refractivity contribution in [2.45, 2.75) is 17.3 Å². The molecule has 1 aromatic heterocycles. The van der Waals surface area contributed by atoms with E-state index in [1.54, 1.807) is 45.3 Å². The molecule has 2 rings (SSSR count). The number of methoxy groups -OCH3 is 1. The number of aromatic nitrogens is 4. The smallest absolute Gasteiger partial charge is 0.237 e. The Morgan fingerprint density at radius 3 is 2.65 bits per heavy atom. The van der Waals surface area contributed by atoms with Gasteiger partial charge < -0.3 is 10.1 Å². The van der Waals surface area contributed by atoms with Crippen LogP contribution in [0.3, 0.4) is 0 Å². The van der Waals surface area contributed by atoms with Crippen LogP contribution in [0.4, 0.5) is 5.69 Å². The summed E-state index contributed by atoms with van der Waals surface area (Å²) in [5, 5.41) is 14.2. The Labute approximate surface area is 120 Å². The average molecular weight is 293 g/mol. The van der Waals surface area contributed by atoms with Crippen LogP contribution in [0.5, 0.6) is 5.75 Å². The Hall–Kier alpha value is -2.09. The lowest BCUT2D eigenvalue weighted by atomic mass is 10.3. The van der Waals surface area contributed by atoms with Crippen LogP contribution in [-0.2, 0) is 11.8 Å². The van der Waals surface area contributed by atoms with Crippen molar-refractivity contribution in [2.75, 3.05) is 12.4 Å². The first-order valence-electron chi connectivity index (χ1n) is 5.94. The van der Waals surface area contributed by atoms with Crippen LogP contribution in [0.25, 0.3) is 0 Å². The van der Waals surface area contributed by atoms with E-state index in [2.05, 4.69) is 20.8 Å². The van der Waals surface area contributed by atoms with Crippen molar-refractivity contribution in [2.24, 2.45) is 7.05 Å².